The smallest absolute Gasteiger partial charge is 0.358 e. The van der Waals surface area contributed by atoms with Crippen LogP contribution in [0.2, 0.25) is 5.02 Å². The summed E-state index contributed by atoms with van der Waals surface area (Å²) < 4.78 is 15.9. The van der Waals surface area contributed by atoms with Crippen LogP contribution in [-0.2, 0) is 11.3 Å². The van der Waals surface area contributed by atoms with Crippen molar-refractivity contribution in [2.24, 2.45) is 0 Å². The minimum absolute atomic E-state index is 0.0844. The lowest BCUT2D eigenvalue weighted by Gasteiger charge is -2.06. The molecule has 122 valence electrons. The Morgan fingerprint density at radius 2 is 2.25 bits per heavy atom. The highest BCUT2D eigenvalue weighted by Crippen LogP contribution is 2.40. The fraction of sp³-hybridized carbons (Fsp3) is 0.125. The van der Waals surface area contributed by atoms with Gasteiger partial charge in [0.05, 0.1) is 9.90 Å². The molecule has 3 heterocycles. The van der Waals surface area contributed by atoms with Crippen LogP contribution >= 0.6 is 34.3 Å². The normalized spacial score (nSPS) is 12.4. The molecule has 0 atom stereocenters. The Bertz CT molecular complexity index is 892. The van der Waals surface area contributed by atoms with E-state index in [1.54, 1.807) is 28.8 Å². The van der Waals surface area contributed by atoms with Gasteiger partial charge in [0, 0.05) is 5.38 Å². The molecule has 0 bridgehead atoms. The van der Waals surface area contributed by atoms with Crippen LogP contribution in [0.5, 0.6) is 11.5 Å². The molecule has 0 radical (unpaired) electrons. The lowest BCUT2D eigenvalue weighted by molar-refractivity contribution is 0.0466. The molecule has 4 rings (SSSR count). The van der Waals surface area contributed by atoms with E-state index in [0.717, 1.165) is 15.4 Å². The van der Waals surface area contributed by atoms with Crippen molar-refractivity contribution in [2.45, 2.75) is 6.61 Å². The van der Waals surface area contributed by atoms with Gasteiger partial charge in [-0.2, -0.15) is 0 Å². The van der Waals surface area contributed by atoms with Gasteiger partial charge >= 0.3 is 5.97 Å². The Hall–Kier alpha value is -2.09. The highest BCUT2D eigenvalue weighted by atomic mass is 35.5. The average molecular weight is 380 g/mol. The number of hydrogen-bond donors (Lipinski definition) is 0. The minimum Gasteiger partial charge on any atom is -0.456 e. The molecule has 5 nitrogen and oxygen atoms in total. The molecular formula is C16H10ClNO4S2. The van der Waals surface area contributed by atoms with Gasteiger partial charge in [-0.15, -0.1) is 22.7 Å². The lowest BCUT2D eigenvalue weighted by atomic mass is 10.2. The monoisotopic (exact) mass is 379 g/mol. The molecule has 0 spiro atoms. The zero-order valence-corrected chi connectivity index (χ0v) is 14.5. The second-order valence-corrected chi connectivity index (χ2v) is 7.12. The van der Waals surface area contributed by atoms with E-state index in [9.17, 15) is 4.79 Å². The van der Waals surface area contributed by atoms with E-state index >= 15 is 0 Å². The molecule has 0 unspecified atom stereocenters. The number of esters is 1. The molecular weight excluding hydrogens is 370 g/mol. The van der Waals surface area contributed by atoms with Gasteiger partial charge in [0.25, 0.3) is 0 Å². The Morgan fingerprint density at radius 3 is 3.08 bits per heavy atom. The molecule has 2 aromatic heterocycles. The number of nitrogens with zero attached hydrogens (tertiary/aromatic N) is 1. The number of hydrogen-bond acceptors (Lipinski definition) is 7. The fourth-order valence-corrected chi connectivity index (χ4v) is 4.10. The summed E-state index contributed by atoms with van der Waals surface area (Å²) in [5.74, 6) is 0.608. The van der Waals surface area contributed by atoms with E-state index in [0.29, 0.717) is 22.2 Å². The maximum absolute atomic E-state index is 12.2. The number of fused-ring (bicyclic) bond motifs is 1. The number of thiazole rings is 1. The van der Waals surface area contributed by atoms with Crippen LogP contribution in [0.3, 0.4) is 0 Å². The van der Waals surface area contributed by atoms with Crippen LogP contribution in [0, 0.1) is 0 Å². The summed E-state index contributed by atoms with van der Waals surface area (Å²) in [4.78, 5) is 17.5. The molecule has 0 fully saturated rings. The second kappa shape index (κ2) is 6.43. The third-order valence-electron chi connectivity index (χ3n) is 3.30. The Balaban J connectivity index is 1.45. The molecule has 0 saturated carbocycles. The topological polar surface area (TPSA) is 57.7 Å². The van der Waals surface area contributed by atoms with Crippen molar-refractivity contribution in [2.75, 3.05) is 6.79 Å². The molecule has 0 saturated heterocycles. The maximum atomic E-state index is 12.2. The maximum Gasteiger partial charge on any atom is 0.358 e. The van der Waals surface area contributed by atoms with Gasteiger partial charge in [-0.1, -0.05) is 17.7 Å². The van der Waals surface area contributed by atoms with Crippen molar-refractivity contribution in [3.63, 3.8) is 0 Å². The molecule has 0 N–H and O–H groups in total. The number of ether oxygens (including phenoxy) is 3. The number of rotatable bonds is 4. The van der Waals surface area contributed by atoms with Crippen molar-refractivity contribution in [1.29, 1.82) is 0 Å². The predicted octanol–water partition coefficient (Wildman–Crippen LogP) is 4.61. The molecule has 0 amide bonds. The molecule has 0 aliphatic carbocycles. The number of thiophene rings is 1. The van der Waals surface area contributed by atoms with Crippen LogP contribution in [0.1, 0.15) is 16.1 Å². The van der Waals surface area contributed by atoms with Crippen molar-refractivity contribution in [3.05, 3.63) is 51.3 Å². The summed E-state index contributed by atoms with van der Waals surface area (Å²) in [5.41, 5.74) is 1.03. The lowest BCUT2D eigenvalue weighted by Crippen LogP contribution is -2.05. The second-order valence-electron chi connectivity index (χ2n) is 4.90. The molecule has 1 aliphatic rings. The highest BCUT2D eigenvalue weighted by Gasteiger charge is 2.19. The van der Waals surface area contributed by atoms with Crippen LogP contribution < -0.4 is 9.47 Å². The molecule has 1 aliphatic heterocycles. The van der Waals surface area contributed by atoms with Crippen molar-refractivity contribution in [1.82, 2.24) is 4.98 Å². The number of benzene rings is 1. The van der Waals surface area contributed by atoms with Crippen LogP contribution in [0.15, 0.2) is 35.0 Å². The summed E-state index contributed by atoms with van der Waals surface area (Å²) >= 11 is 9.11. The Morgan fingerprint density at radius 1 is 1.33 bits per heavy atom. The highest BCUT2D eigenvalue weighted by molar-refractivity contribution is 7.20. The molecule has 24 heavy (non-hydrogen) atoms. The van der Waals surface area contributed by atoms with Gasteiger partial charge in [0.1, 0.15) is 11.6 Å². The van der Waals surface area contributed by atoms with E-state index in [1.165, 1.54) is 11.3 Å². The fourth-order valence-electron chi connectivity index (χ4n) is 2.21. The Kier molecular flexibility index (Phi) is 4.13. The summed E-state index contributed by atoms with van der Waals surface area (Å²) in [6, 6.07) is 7.36. The van der Waals surface area contributed by atoms with Gasteiger partial charge in [-0.05, 0) is 29.1 Å². The molecule has 8 heteroatoms. The minimum atomic E-state index is -0.470. The third-order valence-corrected chi connectivity index (χ3v) is 5.46. The SMILES string of the molecule is O=C(OCc1cc(Cl)c2c(c1)OCO2)c1csc(-c2cccs2)n1. The number of halogens is 1. The standard InChI is InChI=1S/C16H10ClNO4S2/c17-10-4-9(5-12-14(10)22-8-21-12)6-20-16(19)11-7-24-15(18-11)13-2-1-3-23-13/h1-5,7H,6,8H2. The van der Waals surface area contributed by atoms with E-state index in [2.05, 4.69) is 4.98 Å². The van der Waals surface area contributed by atoms with Gasteiger partial charge in [0.2, 0.25) is 6.79 Å². The van der Waals surface area contributed by atoms with Gasteiger partial charge in [-0.3, -0.25) is 0 Å². The van der Waals surface area contributed by atoms with Gasteiger partial charge < -0.3 is 14.2 Å². The first-order valence-corrected chi connectivity index (χ1v) is 9.09. The van der Waals surface area contributed by atoms with Crippen molar-refractivity contribution in [3.8, 4) is 21.4 Å². The van der Waals surface area contributed by atoms with E-state index in [-0.39, 0.29) is 13.4 Å². The predicted molar refractivity (Wildman–Crippen MR) is 92.1 cm³/mol. The Labute approximate surface area is 150 Å². The quantitative estimate of drug-likeness (QED) is 0.619. The summed E-state index contributed by atoms with van der Waals surface area (Å²) in [7, 11) is 0. The van der Waals surface area contributed by atoms with Crippen LogP contribution in [0.4, 0.5) is 0 Å². The van der Waals surface area contributed by atoms with E-state index in [4.69, 9.17) is 25.8 Å². The molecule has 3 aromatic rings. The summed E-state index contributed by atoms with van der Waals surface area (Å²) in [5, 5.41) is 4.91. The third kappa shape index (κ3) is 2.98. The average Bonchev–Trinajstić information content (AvgIpc) is 3.31. The molecule has 1 aromatic carbocycles. The first-order valence-electron chi connectivity index (χ1n) is 6.95. The first-order chi connectivity index (χ1) is 11.7. The van der Waals surface area contributed by atoms with E-state index < -0.39 is 5.97 Å². The first kappa shape index (κ1) is 15.4. The largest absolute Gasteiger partial charge is 0.456 e. The number of carbonyl (C=O) groups is 1. The zero-order chi connectivity index (χ0) is 16.5. The van der Waals surface area contributed by atoms with Gasteiger partial charge in [0.15, 0.2) is 17.2 Å². The summed E-state index contributed by atoms with van der Waals surface area (Å²) in [6.07, 6.45) is 0. The summed E-state index contributed by atoms with van der Waals surface area (Å²) in [6.45, 7) is 0.226. The zero-order valence-electron chi connectivity index (χ0n) is 12.2. The van der Waals surface area contributed by atoms with Gasteiger partial charge in [-0.25, -0.2) is 9.78 Å². The van der Waals surface area contributed by atoms with Crippen molar-refractivity contribution < 1.29 is 19.0 Å². The van der Waals surface area contributed by atoms with Crippen molar-refractivity contribution >= 4 is 40.2 Å². The van der Waals surface area contributed by atoms with Crippen LogP contribution in [0.25, 0.3) is 9.88 Å². The van der Waals surface area contributed by atoms with E-state index in [1.807, 2.05) is 17.5 Å². The van der Waals surface area contributed by atoms with Crippen LogP contribution in [-0.4, -0.2) is 17.7 Å². The number of aromatic nitrogens is 1. The number of carbonyl (C=O) groups excluding carboxylic acids is 1.